The third-order valence-corrected chi connectivity index (χ3v) is 4.66. The van der Waals surface area contributed by atoms with Gasteiger partial charge in [0.15, 0.2) is 17.3 Å². The number of ketones is 1. The molecule has 0 spiro atoms. The number of ether oxygens (including phenoxy) is 4. The molecule has 0 N–H and O–H groups in total. The van der Waals surface area contributed by atoms with Crippen LogP contribution in [-0.4, -0.2) is 43.6 Å². The molecular weight excluding hydrogens is 386 g/mol. The van der Waals surface area contributed by atoms with E-state index in [1.807, 2.05) is 20.8 Å². The molecule has 30 heavy (non-hydrogen) atoms. The van der Waals surface area contributed by atoms with E-state index in [2.05, 4.69) is 0 Å². The molecule has 0 aromatic heterocycles. The zero-order valence-electron chi connectivity index (χ0n) is 17.6. The van der Waals surface area contributed by atoms with Crippen molar-refractivity contribution in [3.63, 3.8) is 0 Å². The zero-order valence-corrected chi connectivity index (χ0v) is 17.6. The predicted octanol–water partition coefficient (Wildman–Crippen LogP) is 4.55. The minimum atomic E-state index is -0.445. The lowest BCUT2D eigenvalue weighted by Gasteiger charge is -2.19. The molecule has 158 valence electrons. The Morgan fingerprint density at radius 3 is 2.50 bits per heavy atom. The third kappa shape index (κ3) is 4.40. The quantitative estimate of drug-likeness (QED) is 0.622. The number of Topliss-reactive ketones (excluding diaryl/α,β-unsaturated/α-hetero) is 1. The van der Waals surface area contributed by atoms with Gasteiger partial charge in [-0.2, -0.15) is 0 Å². The van der Waals surface area contributed by atoms with Crippen LogP contribution in [0.2, 0.25) is 0 Å². The minimum Gasteiger partial charge on any atom is -0.494 e. The summed E-state index contributed by atoms with van der Waals surface area (Å²) in [7, 11) is 1.49. The highest BCUT2D eigenvalue weighted by Gasteiger charge is 2.28. The fourth-order valence-corrected chi connectivity index (χ4v) is 3.07. The average Bonchev–Trinajstić information content (AvgIpc) is 3.05. The molecule has 1 amide bonds. The smallest absolute Gasteiger partial charge is 0.415 e. The van der Waals surface area contributed by atoms with Crippen molar-refractivity contribution in [2.75, 3.05) is 26.8 Å². The first-order valence-electron chi connectivity index (χ1n) is 9.86. The summed E-state index contributed by atoms with van der Waals surface area (Å²) < 4.78 is 22.0. The number of hydrogen-bond acceptors (Lipinski definition) is 6. The maximum absolute atomic E-state index is 12.6. The summed E-state index contributed by atoms with van der Waals surface area (Å²) in [6.07, 6.45) is 1.18. The van der Waals surface area contributed by atoms with Crippen LogP contribution in [0.4, 0.5) is 4.79 Å². The predicted molar refractivity (Wildman–Crippen MR) is 112 cm³/mol. The van der Waals surface area contributed by atoms with Gasteiger partial charge in [-0.25, -0.2) is 4.79 Å². The van der Waals surface area contributed by atoms with Crippen LogP contribution < -0.4 is 18.9 Å². The van der Waals surface area contributed by atoms with Crippen LogP contribution in [0.5, 0.6) is 23.0 Å². The molecule has 3 rings (SSSR count). The topological polar surface area (TPSA) is 74.3 Å². The Balaban J connectivity index is 1.82. The number of nitrogens with zero attached hydrogens (tertiary/aromatic N) is 1. The van der Waals surface area contributed by atoms with Crippen molar-refractivity contribution in [1.82, 2.24) is 4.90 Å². The van der Waals surface area contributed by atoms with Gasteiger partial charge in [0.1, 0.15) is 11.5 Å². The Bertz CT molecular complexity index is 978. The molecule has 0 aliphatic carbocycles. The summed E-state index contributed by atoms with van der Waals surface area (Å²) in [5, 5.41) is 0. The number of amides is 1. The Kier molecular flexibility index (Phi) is 6.61. The molecule has 0 fully saturated rings. The summed E-state index contributed by atoms with van der Waals surface area (Å²) in [6.45, 7) is 7.28. The summed E-state index contributed by atoms with van der Waals surface area (Å²) in [5.41, 5.74) is 1.16. The summed E-state index contributed by atoms with van der Waals surface area (Å²) in [6, 6.07) is 10.2. The lowest BCUT2D eigenvalue weighted by molar-refractivity contribution is 0.101. The highest BCUT2D eigenvalue weighted by Crippen LogP contribution is 2.36. The average molecular weight is 411 g/mol. The van der Waals surface area contributed by atoms with Crippen molar-refractivity contribution in [3.05, 3.63) is 53.3 Å². The van der Waals surface area contributed by atoms with E-state index in [0.717, 1.165) is 0 Å². The van der Waals surface area contributed by atoms with Crippen LogP contribution >= 0.6 is 0 Å². The van der Waals surface area contributed by atoms with E-state index >= 15 is 0 Å². The number of rotatable bonds is 7. The standard InChI is InChI=1S/C23H25NO6/c1-5-24(6-2)23(26)30-18-11-8-15(12-20(18)27-4)13-21-22(25)17-10-9-16(28-7-3)14-19(17)29-21/h8-14H,5-7H2,1-4H3/b21-13-. The summed E-state index contributed by atoms with van der Waals surface area (Å²) >= 11 is 0. The molecule has 0 unspecified atom stereocenters. The van der Waals surface area contributed by atoms with Crippen molar-refractivity contribution in [3.8, 4) is 23.0 Å². The van der Waals surface area contributed by atoms with Gasteiger partial charge in [0.2, 0.25) is 5.78 Å². The van der Waals surface area contributed by atoms with Gasteiger partial charge in [-0.05, 0) is 56.7 Å². The fourth-order valence-electron chi connectivity index (χ4n) is 3.07. The number of allylic oxidation sites excluding steroid dienone is 1. The highest BCUT2D eigenvalue weighted by molar-refractivity contribution is 6.14. The maximum atomic E-state index is 12.6. The largest absolute Gasteiger partial charge is 0.494 e. The fraction of sp³-hybridized carbons (Fsp3) is 0.304. The van der Waals surface area contributed by atoms with E-state index in [0.29, 0.717) is 53.8 Å². The number of fused-ring (bicyclic) bond motifs is 1. The van der Waals surface area contributed by atoms with E-state index in [4.69, 9.17) is 18.9 Å². The second kappa shape index (κ2) is 9.35. The van der Waals surface area contributed by atoms with E-state index in [-0.39, 0.29) is 11.5 Å². The third-order valence-electron chi connectivity index (χ3n) is 4.66. The monoisotopic (exact) mass is 411 g/mol. The van der Waals surface area contributed by atoms with Crippen molar-refractivity contribution >= 4 is 18.0 Å². The lowest BCUT2D eigenvalue weighted by atomic mass is 10.1. The van der Waals surface area contributed by atoms with Gasteiger partial charge in [-0.15, -0.1) is 0 Å². The molecule has 2 aromatic carbocycles. The molecular formula is C23H25NO6. The first-order chi connectivity index (χ1) is 14.5. The summed E-state index contributed by atoms with van der Waals surface area (Å²) in [5.74, 6) is 1.80. The number of hydrogen-bond donors (Lipinski definition) is 0. The zero-order chi connectivity index (χ0) is 21.7. The number of carbonyl (C=O) groups is 2. The Morgan fingerprint density at radius 2 is 1.83 bits per heavy atom. The van der Waals surface area contributed by atoms with Gasteiger partial charge in [-0.3, -0.25) is 4.79 Å². The molecule has 1 aliphatic rings. The molecule has 0 saturated carbocycles. The van der Waals surface area contributed by atoms with Crippen LogP contribution in [0, 0.1) is 0 Å². The van der Waals surface area contributed by atoms with Crippen molar-refractivity contribution in [1.29, 1.82) is 0 Å². The molecule has 7 heteroatoms. The van der Waals surface area contributed by atoms with Crippen LogP contribution in [0.1, 0.15) is 36.7 Å². The molecule has 1 heterocycles. The minimum absolute atomic E-state index is 0.202. The Morgan fingerprint density at radius 1 is 1.07 bits per heavy atom. The molecule has 0 bridgehead atoms. The van der Waals surface area contributed by atoms with Gasteiger partial charge >= 0.3 is 6.09 Å². The highest BCUT2D eigenvalue weighted by atomic mass is 16.6. The molecule has 0 saturated heterocycles. The van der Waals surface area contributed by atoms with Crippen molar-refractivity contribution < 1.29 is 28.5 Å². The Hall–Kier alpha value is -3.48. The van der Waals surface area contributed by atoms with E-state index in [1.165, 1.54) is 7.11 Å². The second-order valence-electron chi connectivity index (χ2n) is 6.48. The first kappa shape index (κ1) is 21.2. The second-order valence-corrected chi connectivity index (χ2v) is 6.48. The van der Waals surface area contributed by atoms with E-state index < -0.39 is 6.09 Å². The number of methoxy groups -OCH3 is 1. The van der Waals surface area contributed by atoms with Crippen molar-refractivity contribution in [2.24, 2.45) is 0 Å². The summed E-state index contributed by atoms with van der Waals surface area (Å²) in [4.78, 5) is 26.4. The maximum Gasteiger partial charge on any atom is 0.415 e. The molecule has 0 radical (unpaired) electrons. The van der Waals surface area contributed by atoms with Crippen molar-refractivity contribution in [2.45, 2.75) is 20.8 Å². The van der Waals surface area contributed by atoms with Gasteiger partial charge in [0.25, 0.3) is 0 Å². The van der Waals surface area contributed by atoms with Crippen LogP contribution in [0.3, 0.4) is 0 Å². The first-order valence-corrected chi connectivity index (χ1v) is 9.86. The molecule has 2 aromatic rings. The van der Waals surface area contributed by atoms with Gasteiger partial charge in [0.05, 0.1) is 19.3 Å². The lowest BCUT2D eigenvalue weighted by Crippen LogP contribution is -2.33. The van der Waals surface area contributed by atoms with Gasteiger partial charge in [0, 0.05) is 19.2 Å². The van der Waals surface area contributed by atoms with E-state index in [1.54, 1.807) is 47.4 Å². The van der Waals surface area contributed by atoms with Crippen LogP contribution in [0.25, 0.3) is 6.08 Å². The number of benzene rings is 2. The van der Waals surface area contributed by atoms with Crippen LogP contribution in [-0.2, 0) is 0 Å². The Labute approximate surface area is 175 Å². The SMILES string of the molecule is CCOc1ccc2c(c1)O/C(=C\c1ccc(OC(=O)N(CC)CC)c(OC)c1)C2=O. The molecule has 7 nitrogen and oxygen atoms in total. The van der Waals surface area contributed by atoms with Crippen LogP contribution in [0.15, 0.2) is 42.2 Å². The van der Waals surface area contributed by atoms with Gasteiger partial charge in [-0.1, -0.05) is 6.07 Å². The number of carbonyl (C=O) groups excluding carboxylic acids is 2. The normalized spacial score (nSPS) is 13.6. The molecule has 1 aliphatic heterocycles. The van der Waals surface area contributed by atoms with Gasteiger partial charge < -0.3 is 23.8 Å². The van der Waals surface area contributed by atoms with E-state index in [9.17, 15) is 9.59 Å². The molecule has 0 atom stereocenters.